The van der Waals surface area contributed by atoms with Gasteiger partial charge in [0.2, 0.25) is 0 Å². The highest BCUT2D eigenvalue weighted by molar-refractivity contribution is 5.97. The van der Waals surface area contributed by atoms with Crippen molar-refractivity contribution >= 4 is 22.6 Å². The second-order valence-corrected chi connectivity index (χ2v) is 6.13. The van der Waals surface area contributed by atoms with Crippen LogP contribution in [-0.2, 0) is 16.3 Å². The molecule has 112 valence electrons. The van der Waals surface area contributed by atoms with E-state index in [9.17, 15) is 4.79 Å². The Kier molecular flexibility index (Phi) is 3.15. The molecule has 21 heavy (non-hydrogen) atoms. The van der Waals surface area contributed by atoms with E-state index < -0.39 is 11.6 Å². The van der Waals surface area contributed by atoms with Crippen molar-refractivity contribution in [3.05, 3.63) is 29.5 Å². The van der Waals surface area contributed by atoms with E-state index in [-0.39, 0.29) is 5.69 Å². The van der Waals surface area contributed by atoms with Gasteiger partial charge in [-0.2, -0.15) is 0 Å². The molecule has 6 nitrogen and oxygen atoms in total. The van der Waals surface area contributed by atoms with Crippen molar-refractivity contribution in [3.63, 3.8) is 0 Å². The number of hydrogen-bond acceptors (Lipinski definition) is 4. The predicted molar refractivity (Wildman–Crippen MR) is 78.2 cm³/mol. The van der Waals surface area contributed by atoms with E-state index in [0.717, 1.165) is 28.6 Å². The largest absolute Gasteiger partial charge is 0.477 e. The number of aromatic amines is 1. The number of hydroxylamine groups is 1. The molecule has 0 unspecified atom stereocenters. The molecule has 1 aromatic heterocycles. The molecule has 0 amide bonds. The van der Waals surface area contributed by atoms with Gasteiger partial charge in [0.1, 0.15) is 5.69 Å². The summed E-state index contributed by atoms with van der Waals surface area (Å²) in [6.07, 6.45) is 0.789. The molecule has 0 bridgehead atoms. The fourth-order valence-corrected chi connectivity index (χ4v) is 2.43. The summed E-state index contributed by atoms with van der Waals surface area (Å²) in [5.41, 5.74) is 2.63. The van der Waals surface area contributed by atoms with Gasteiger partial charge in [0, 0.05) is 10.9 Å². The zero-order valence-electron chi connectivity index (χ0n) is 12.3. The second-order valence-electron chi connectivity index (χ2n) is 6.13. The Morgan fingerprint density at radius 3 is 2.81 bits per heavy atom. The van der Waals surface area contributed by atoms with Gasteiger partial charge in [0.25, 0.3) is 0 Å². The van der Waals surface area contributed by atoms with Gasteiger partial charge < -0.3 is 10.1 Å². The first-order valence-electron chi connectivity index (χ1n) is 6.86. The number of carboxylic acid groups (broad SMARTS) is 1. The number of nitrogens with one attached hydrogen (secondary N) is 1. The Morgan fingerprint density at radius 1 is 1.38 bits per heavy atom. The number of aromatic carboxylic acids is 1. The molecule has 1 aliphatic rings. The first-order valence-corrected chi connectivity index (χ1v) is 6.86. The Balaban J connectivity index is 1.93. The van der Waals surface area contributed by atoms with Crippen molar-refractivity contribution in [2.45, 2.75) is 32.8 Å². The maximum atomic E-state index is 11.1. The monoisotopic (exact) mass is 290 g/mol. The van der Waals surface area contributed by atoms with Gasteiger partial charge in [0.15, 0.2) is 0 Å². The number of rotatable bonds is 3. The van der Waals surface area contributed by atoms with Gasteiger partial charge in [-0.25, -0.2) is 14.7 Å². The number of benzene rings is 1. The second kappa shape index (κ2) is 4.75. The SMILES string of the molecule is CC(C)(C)OON1CCc2c1ccc1[nH]c(C(=O)O)cc21. The summed E-state index contributed by atoms with van der Waals surface area (Å²) >= 11 is 0. The molecule has 2 N–H and O–H groups in total. The van der Waals surface area contributed by atoms with Gasteiger partial charge in [0.05, 0.1) is 17.8 Å². The van der Waals surface area contributed by atoms with Crippen LogP contribution in [0.1, 0.15) is 36.8 Å². The number of hydrogen-bond donors (Lipinski definition) is 2. The minimum absolute atomic E-state index is 0.198. The fourth-order valence-electron chi connectivity index (χ4n) is 2.43. The highest BCUT2D eigenvalue weighted by Crippen LogP contribution is 2.35. The minimum Gasteiger partial charge on any atom is -0.477 e. The van der Waals surface area contributed by atoms with Gasteiger partial charge in [-0.05, 0) is 51.0 Å². The molecular weight excluding hydrogens is 272 g/mol. The van der Waals surface area contributed by atoms with Crippen LogP contribution in [0.4, 0.5) is 5.69 Å². The third-order valence-corrected chi connectivity index (χ3v) is 3.33. The van der Waals surface area contributed by atoms with Gasteiger partial charge in [-0.15, -0.1) is 4.99 Å². The average Bonchev–Trinajstić information content (AvgIpc) is 2.98. The van der Waals surface area contributed by atoms with Crippen LogP contribution in [0.2, 0.25) is 0 Å². The first-order chi connectivity index (χ1) is 9.85. The molecule has 6 heteroatoms. The van der Waals surface area contributed by atoms with Gasteiger partial charge in [-0.3, -0.25) is 0 Å². The van der Waals surface area contributed by atoms with Crippen LogP contribution >= 0.6 is 0 Å². The average molecular weight is 290 g/mol. The summed E-state index contributed by atoms with van der Waals surface area (Å²) in [4.78, 5) is 24.7. The summed E-state index contributed by atoms with van der Waals surface area (Å²) in [7, 11) is 0. The molecule has 1 aliphatic heterocycles. The number of anilines is 1. The van der Waals surface area contributed by atoms with Crippen molar-refractivity contribution in [1.82, 2.24) is 4.98 Å². The highest BCUT2D eigenvalue weighted by Gasteiger charge is 2.25. The summed E-state index contributed by atoms with van der Waals surface area (Å²) < 4.78 is 0. The van der Waals surface area contributed by atoms with Gasteiger partial charge >= 0.3 is 5.97 Å². The quantitative estimate of drug-likeness (QED) is 0.671. The lowest BCUT2D eigenvalue weighted by atomic mass is 10.1. The lowest BCUT2D eigenvalue weighted by molar-refractivity contribution is -0.355. The van der Waals surface area contributed by atoms with Crippen molar-refractivity contribution in [2.75, 3.05) is 11.6 Å². The summed E-state index contributed by atoms with van der Waals surface area (Å²) in [5, 5.41) is 11.7. The minimum atomic E-state index is -0.956. The molecule has 0 fully saturated rings. The van der Waals surface area contributed by atoms with E-state index in [1.807, 2.05) is 32.9 Å². The van der Waals surface area contributed by atoms with Crippen molar-refractivity contribution in [2.24, 2.45) is 0 Å². The molecule has 2 aromatic rings. The van der Waals surface area contributed by atoms with E-state index in [2.05, 4.69) is 4.98 Å². The normalized spacial score (nSPS) is 14.7. The summed E-state index contributed by atoms with van der Waals surface area (Å²) in [6, 6.07) is 5.45. The van der Waals surface area contributed by atoms with E-state index >= 15 is 0 Å². The molecule has 0 radical (unpaired) electrons. The number of nitrogens with zero attached hydrogens (tertiary/aromatic N) is 1. The van der Waals surface area contributed by atoms with Crippen LogP contribution < -0.4 is 5.06 Å². The molecule has 2 heterocycles. The Labute approximate surface area is 122 Å². The molecule has 0 saturated heterocycles. The van der Waals surface area contributed by atoms with Crippen LogP contribution in [0, 0.1) is 0 Å². The first kappa shape index (κ1) is 13.9. The van der Waals surface area contributed by atoms with Crippen molar-refractivity contribution in [3.8, 4) is 0 Å². The lowest BCUT2D eigenvalue weighted by Gasteiger charge is -2.23. The van der Waals surface area contributed by atoms with Crippen LogP contribution in [0.3, 0.4) is 0 Å². The Morgan fingerprint density at radius 2 is 2.14 bits per heavy atom. The van der Waals surface area contributed by atoms with Gasteiger partial charge in [-0.1, -0.05) is 0 Å². The van der Waals surface area contributed by atoms with E-state index in [0.29, 0.717) is 6.54 Å². The van der Waals surface area contributed by atoms with E-state index in [1.54, 1.807) is 11.1 Å². The summed E-state index contributed by atoms with van der Waals surface area (Å²) in [5.74, 6) is -0.956. The van der Waals surface area contributed by atoms with Crippen molar-refractivity contribution in [1.29, 1.82) is 0 Å². The molecule has 3 rings (SSSR count). The Hall–Kier alpha value is -2.05. The number of H-pyrrole nitrogens is 1. The zero-order valence-corrected chi connectivity index (χ0v) is 12.3. The molecular formula is C15H18N2O4. The maximum Gasteiger partial charge on any atom is 0.352 e. The predicted octanol–water partition coefficient (Wildman–Crippen LogP) is 2.89. The molecule has 0 saturated carbocycles. The molecule has 1 aromatic carbocycles. The fraction of sp³-hybridized carbons (Fsp3) is 0.400. The number of carboxylic acids is 1. The molecule has 0 spiro atoms. The third kappa shape index (κ3) is 2.59. The van der Waals surface area contributed by atoms with Crippen LogP contribution in [-0.4, -0.2) is 28.2 Å². The highest BCUT2D eigenvalue weighted by atomic mass is 17.3. The van der Waals surface area contributed by atoms with Crippen LogP contribution in [0.5, 0.6) is 0 Å². The number of fused-ring (bicyclic) bond motifs is 3. The van der Waals surface area contributed by atoms with E-state index in [4.69, 9.17) is 15.0 Å². The van der Waals surface area contributed by atoms with E-state index in [1.165, 1.54) is 0 Å². The smallest absolute Gasteiger partial charge is 0.352 e. The Bertz CT molecular complexity index is 699. The lowest BCUT2D eigenvalue weighted by Crippen LogP contribution is -2.28. The van der Waals surface area contributed by atoms with Crippen molar-refractivity contribution < 1.29 is 19.8 Å². The maximum absolute atomic E-state index is 11.1. The number of carbonyl (C=O) groups is 1. The van der Waals surface area contributed by atoms with Crippen LogP contribution in [0.25, 0.3) is 10.9 Å². The molecule has 0 atom stereocenters. The molecule has 0 aliphatic carbocycles. The standard InChI is InChI=1S/C15H18N2O4/c1-15(2,3)20-21-17-7-6-9-10-8-12(14(18)19)16-11(10)4-5-13(9)17/h4-5,8,16H,6-7H2,1-3H3,(H,18,19). The third-order valence-electron chi connectivity index (χ3n) is 3.33. The number of aromatic nitrogens is 1. The van der Waals surface area contributed by atoms with Crippen LogP contribution in [0.15, 0.2) is 18.2 Å². The topological polar surface area (TPSA) is 74.8 Å². The summed E-state index contributed by atoms with van der Waals surface area (Å²) in [6.45, 7) is 6.42. The zero-order chi connectivity index (χ0) is 15.2.